The molecule has 0 aromatic heterocycles. The van der Waals surface area contributed by atoms with Gasteiger partial charge in [0.2, 0.25) is 0 Å². The topological polar surface area (TPSA) is 146 Å². The fourth-order valence-corrected chi connectivity index (χ4v) is 7.00. The van der Waals surface area contributed by atoms with Crippen LogP contribution in [0, 0.1) is 13.8 Å². The summed E-state index contributed by atoms with van der Waals surface area (Å²) in [4.78, 5) is 8.52. The molecule has 3 aliphatic heterocycles. The minimum absolute atomic E-state index is 0.0698. The summed E-state index contributed by atoms with van der Waals surface area (Å²) in [5, 5.41) is 65.3. The molecule has 0 aliphatic carbocycles. The third-order valence-electron chi connectivity index (χ3n) is 9.77. The van der Waals surface area contributed by atoms with Gasteiger partial charge >= 0.3 is 0 Å². The fourth-order valence-electron chi connectivity index (χ4n) is 7.00. The van der Waals surface area contributed by atoms with Gasteiger partial charge in [0, 0.05) is 125 Å². The van der Waals surface area contributed by atoms with Crippen LogP contribution in [0.5, 0.6) is 11.5 Å². The second-order valence-corrected chi connectivity index (χ2v) is 13.5. The van der Waals surface area contributed by atoms with Gasteiger partial charge in [0.15, 0.2) is 0 Å². The summed E-state index contributed by atoms with van der Waals surface area (Å²) in [5.41, 5.74) is 7.36. The van der Waals surface area contributed by atoms with E-state index in [0.717, 1.165) is 116 Å². The van der Waals surface area contributed by atoms with E-state index in [4.69, 9.17) is 0 Å². The summed E-state index contributed by atoms with van der Waals surface area (Å²) in [6, 6.07) is 8.07. The van der Waals surface area contributed by atoms with Crippen molar-refractivity contribution in [2.24, 2.45) is 0 Å². The van der Waals surface area contributed by atoms with E-state index in [9.17, 15) is 30.6 Å². The molecule has 0 spiro atoms. The number of phenolic OH excluding ortho intramolecular Hbond substituents is 2. The molecule has 2 atom stereocenters. The van der Waals surface area contributed by atoms with Crippen LogP contribution in [0.1, 0.15) is 65.5 Å². The van der Waals surface area contributed by atoms with Gasteiger partial charge in [-0.25, -0.2) is 0 Å². The average Bonchev–Trinajstić information content (AvgIpc) is 3.01. The van der Waals surface area contributed by atoms with E-state index in [0.29, 0.717) is 25.9 Å². The highest BCUT2D eigenvalue weighted by molar-refractivity contribution is 5.64. The van der Waals surface area contributed by atoms with Crippen molar-refractivity contribution in [3.05, 3.63) is 69.0 Å². The van der Waals surface area contributed by atoms with Crippen LogP contribution in [0.15, 0.2) is 35.7 Å². The number of hydrogen-bond acceptors (Lipinski definition) is 11. The fraction of sp³-hybridized carbons (Fsp3) is 0.568. The Morgan fingerprint density at radius 3 is 1.48 bits per heavy atom. The van der Waals surface area contributed by atoms with E-state index in [2.05, 4.69) is 27.2 Å². The summed E-state index contributed by atoms with van der Waals surface area (Å²) in [5.74, 6) is 0.550. The zero-order valence-corrected chi connectivity index (χ0v) is 28.6. The Kier molecular flexibility index (Phi) is 12.8. The zero-order chi connectivity index (χ0) is 34.2. The largest absolute Gasteiger partial charge is 0.507 e. The van der Waals surface area contributed by atoms with Crippen molar-refractivity contribution in [2.75, 3.05) is 65.6 Å². The predicted molar refractivity (Wildman–Crippen MR) is 188 cm³/mol. The predicted octanol–water partition coefficient (Wildman–Crippen LogP) is 2.51. The van der Waals surface area contributed by atoms with Crippen LogP contribution >= 0.6 is 0 Å². The molecule has 0 amide bonds. The highest BCUT2D eigenvalue weighted by atomic mass is 16.3. The van der Waals surface area contributed by atoms with E-state index in [1.165, 1.54) is 0 Å². The first-order chi connectivity index (χ1) is 23.2. The first-order valence-corrected chi connectivity index (χ1v) is 17.5. The van der Waals surface area contributed by atoms with Gasteiger partial charge in [-0.05, 0) is 68.8 Å². The van der Waals surface area contributed by atoms with Gasteiger partial charge in [0.1, 0.15) is 24.0 Å². The standard InChI is InChI=1S/C37H55N5O6/c1-26-18-28(22-32-4-12-41(32)34(45)6-16-43)36(47)30(20-26)24-39-10-3-11-40(15-9-38-8-14-39)25-31-21-27(2)19-29(37(31)48)23-33-5-13-42(33)35(46)7-17-44/h18-23,34-35,38,43-48H,3-17,24-25H2,1-2H3. The van der Waals surface area contributed by atoms with Crippen LogP contribution in [0.4, 0.5) is 0 Å². The number of benzene rings is 2. The van der Waals surface area contributed by atoms with Crippen molar-refractivity contribution in [1.29, 1.82) is 0 Å². The molecule has 0 radical (unpaired) electrons. The Labute approximate surface area is 285 Å². The number of nitrogens with zero attached hydrogens (tertiary/aromatic N) is 4. The van der Waals surface area contributed by atoms with Crippen LogP contribution in [0.2, 0.25) is 0 Å². The molecule has 3 saturated heterocycles. The van der Waals surface area contributed by atoms with E-state index in [1.54, 1.807) is 0 Å². The monoisotopic (exact) mass is 665 g/mol. The number of aliphatic hydroxyl groups is 4. The number of aliphatic hydroxyl groups excluding tert-OH is 4. The molecule has 11 nitrogen and oxygen atoms in total. The van der Waals surface area contributed by atoms with Crippen LogP contribution < -0.4 is 5.32 Å². The molecule has 0 saturated carbocycles. The number of rotatable bonds is 12. The first-order valence-electron chi connectivity index (χ1n) is 17.5. The molecule has 3 fully saturated rings. The normalized spacial score (nSPS) is 21.3. The van der Waals surface area contributed by atoms with Gasteiger partial charge in [-0.2, -0.15) is 0 Å². The lowest BCUT2D eigenvalue weighted by Crippen LogP contribution is -2.43. The molecule has 0 bridgehead atoms. The van der Waals surface area contributed by atoms with Crippen molar-refractivity contribution in [1.82, 2.24) is 24.9 Å². The maximum atomic E-state index is 11.3. The highest BCUT2D eigenvalue weighted by Crippen LogP contribution is 2.34. The minimum atomic E-state index is -0.715. The molecule has 7 N–H and O–H groups in total. The lowest BCUT2D eigenvalue weighted by Gasteiger charge is -2.40. The van der Waals surface area contributed by atoms with Crippen molar-refractivity contribution >= 4 is 12.2 Å². The van der Waals surface area contributed by atoms with Crippen molar-refractivity contribution in [2.45, 2.75) is 71.5 Å². The Morgan fingerprint density at radius 1 is 0.667 bits per heavy atom. The maximum Gasteiger partial charge on any atom is 0.128 e. The lowest BCUT2D eigenvalue weighted by molar-refractivity contribution is -0.0162. The van der Waals surface area contributed by atoms with Crippen molar-refractivity contribution in [3.8, 4) is 11.5 Å². The summed E-state index contributed by atoms with van der Waals surface area (Å²) in [7, 11) is 0. The molecule has 11 heteroatoms. The summed E-state index contributed by atoms with van der Waals surface area (Å²) in [6.45, 7) is 11.8. The molecule has 2 aromatic rings. The summed E-state index contributed by atoms with van der Waals surface area (Å²) < 4.78 is 0. The van der Waals surface area contributed by atoms with E-state index in [-0.39, 0.29) is 24.7 Å². The lowest BCUT2D eigenvalue weighted by atomic mass is 9.99. The van der Waals surface area contributed by atoms with Crippen LogP contribution in [-0.2, 0) is 13.1 Å². The Balaban J connectivity index is 1.23. The van der Waals surface area contributed by atoms with E-state index >= 15 is 0 Å². The molecule has 3 aliphatic rings. The van der Waals surface area contributed by atoms with Crippen LogP contribution in [-0.4, -0.2) is 128 Å². The molecule has 48 heavy (non-hydrogen) atoms. The van der Waals surface area contributed by atoms with Crippen LogP contribution in [0.25, 0.3) is 12.2 Å². The summed E-state index contributed by atoms with van der Waals surface area (Å²) >= 11 is 0. The molecular weight excluding hydrogens is 610 g/mol. The Bertz CT molecular complexity index is 1340. The number of aromatic hydroxyl groups is 2. The second-order valence-electron chi connectivity index (χ2n) is 13.5. The van der Waals surface area contributed by atoms with Crippen molar-refractivity contribution in [3.63, 3.8) is 0 Å². The van der Waals surface area contributed by atoms with Gasteiger partial charge in [0.05, 0.1) is 0 Å². The van der Waals surface area contributed by atoms with E-state index in [1.807, 2.05) is 47.9 Å². The number of aryl methyl sites for hydroxylation is 2. The Hall–Kier alpha value is -3.16. The quantitative estimate of drug-likeness (QED) is 0.180. The number of phenols is 2. The maximum absolute atomic E-state index is 11.3. The zero-order valence-electron chi connectivity index (χ0n) is 28.6. The second kappa shape index (κ2) is 17.0. The highest BCUT2D eigenvalue weighted by Gasteiger charge is 2.28. The third kappa shape index (κ3) is 9.09. The first kappa shape index (κ1) is 36.1. The smallest absolute Gasteiger partial charge is 0.128 e. The van der Waals surface area contributed by atoms with E-state index < -0.39 is 12.5 Å². The van der Waals surface area contributed by atoms with Crippen LogP contribution in [0.3, 0.4) is 0 Å². The van der Waals surface area contributed by atoms with Crippen molar-refractivity contribution < 1.29 is 30.6 Å². The van der Waals surface area contributed by atoms with Gasteiger partial charge in [0.25, 0.3) is 0 Å². The molecule has 3 heterocycles. The van der Waals surface area contributed by atoms with Gasteiger partial charge in [-0.3, -0.25) is 9.80 Å². The van der Waals surface area contributed by atoms with Gasteiger partial charge in [-0.15, -0.1) is 0 Å². The number of nitrogens with one attached hydrogen (secondary N) is 1. The summed E-state index contributed by atoms with van der Waals surface area (Å²) in [6.07, 6.45) is 5.69. The molecule has 5 rings (SSSR count). The van der Waals surface area contributed by atoms with Gasteiger partial charge in [-0.1, -0.05) is 12.1 Å². The van der Waals surface area contributed by atoms with Gasteiger partial charge < -0.3 is 45.8 Å². The third-order valence-corrected chi connectivity index (χ3v) is 9.77. The average molecular weight is 666 g/mol. The number of hydrogen-bond donors (Lipinski definition) is 7. The molecule has 2 unspecified atom stereocenters. The SMILES string of the molecule is Cc1cc(C=C2CCN2C(O)CCO)c(O)c(CN2CCCN(Cc3cc(C)cc(C=C4CCN4C(O)CCO)c3O)CCNCC2)c1. The molecular formula is C37H55N5O6. The number of likely N-dealkylation sites (tertiary alicyclic amines) is 2. The molecule has 2 aromatic carbocycles. The Morgan fingerprint density at radius 2 is 1.10 bits per heavy atom. The molecule has 264 valence electrons. The minimum Gasteiger partial charge on any atom is -0.507 e.